The van der Waals surface area contributed by atoms with E-state index < -0.39 is 11.5 Å². The molecular formula is C9H11N3O3. The van der Waals surface area contributed by atoms with Gasteiger partial charge >= 0.3 is 0 Å². The Morgan fingerprint density at radius 2 is 2.53 bits per heavy atom. The first-order valence-electron chi connectivity index (χ1n) is 4.73. The first-order valence-corrected chi connectivity index (χ1v) is 4.73. The van der Waals surface area contributed by atoms with Gasteiger partial charge in [-0.3, -0.25) is 9.59 Å². The van der Waals surface area contributed by atoms with Gasteiger partial charge in [0.2, 0.25) is 0 Å². The van der Waals surface area contributed by atoms with Gasteiger partial charge in [0.1, 0.15) is 6.23 Å². The molecule has 6 heteroatoms. The molecule has 0 radical (unpaired) electrons. The summed E-state index contributed by atoms with van der Waals surface area (Å²) >= 11 is 0. The van der Waals surface area contributed by atoms with Gasteiger partial charge in [-0.2, -0.15) is 0 Å². The third kappa shape index (κ3) is 2.21. The van der Waals surface area contributed by atoms with Gasteiger partial charge in [0.05, 0.1) is 0 Å². The zero-order valence-electron chi connectivity index (χ0n) is 8.03. The maximum Gasteiger partial charge on any atom is 0.279 e. The summed E-state index contributed by atoms with van der Waals surface area (Å²) in [5, 5.41) is 2.59. The molecule has 1 aliphatic heterocycles. The van der Waals surface area contributed by atoms with Crippen LogP contribution in [0, 0.1) is 0 Å². The number of nitrogens with zero attached hydrogens (tertiary/aromatic N) is 1. The maximum atomic E-state index is 11.5. The van der Waals surface area contributed by atoms with Crippen LogP contribution in [0.1, 0.15) is 23.3 Å². The van der Waals surface area contributed by atoms with Crippen LogP contribution in [0.2, 0.25) is 0 Å². The van der Waals surface area contributed by atoms with Crippen molar-refractivity contribution in [1.29, 1.82) is 0 Å². The molecule has 0 spiro atoms. The van der Waals surface area contributed by atoms with E-state index in [-0.39, 0.29) is 11.9 Å². The molecule has 15 heavy (non-hydrogen) atoms. The summed E-state index contributed by atoms with van der Waals surface area (Å²) in [5.41, 5.74) is -0.624. The van der Waals surface area contributed by atoms with E-state index in [1.165, 1.54) is 12.4 Å². The molecular weight excluding hydrogens is 198 g/mol. The fraction of sp³-hybridized carbons (Fsp3) is 0.444. The molecule has 1 aliphatic rings. The molecule has 1 aromatic rings. The van der Waals surface area contributed by atoms with E-state index in [9.17, 15) is 9.59 Å². The number of hydrogen-bond donors (Lipinski definition) is 2. The summed E-state index contributed by atoms with van der Waals surface area (Å²) < 4.78 is 5.21. The molecule has 1 unspecified atom stereocenters. The maximum absolute atomic E-state index is 11.5. The van der Waals surface area contributed by atoms with E-state index in [1.54, 1.807) is 0 Å². The quantitative estimate of drug-likeness (QED) is 0.696. The van der Waals surface area contributed by atoms with Crippen molar-refractivity contribution >= 4 is 5.91 Å². The number of nitrogens with one attached hydrogen (secondary N) is 2. The summed E-state index contributed by atoms with van der Waals surface area (Å²) in [6, 6.07) is 0. The fourth-order valence-electron chi connectivity index (χ4n) is 1.42. The van der Waals surface area contributed by atoms with Gasteiger partial charge in [-0.15, -0.1) is 0 Å². The van der Waals surface area contributed by atoms with Crippen molar-refractivity contribution in [2.45, 2.75) is 19.1 Å². The molecule has 1 amide bonds. The Bertz CT molecular complexity index is 409. The Morgan fingerprint density at radius 3 is 3.20 bits per heavy atom. The first-order chi connectivity index (χ1) is 7.27. The number of hydrogen-bond acceptors (Lipinski definition) is 4. The van der Waals surface area contributed by atoms with Crippen LogP contribution in [-0.4, -0.2) is 28.7 Å². The number of rotatable bonds is 2. The van der Waals surface area contributed by atoms with Crippen molar-refractivity contribution in [3.05, 3.63) is 28.4 Å². The standard InChI is InChI=1S/C9H11N3O3/c13-8-7(10-3-4-11-8)9(14)12-6-2-1-5-15-6/h3-4,6H,1-2,5H2,(H,11,13)(H,12,14). The van der Waals surface area contributed by atoms with Crippen molar-refractivity contribution in [2.24, 2.45) is 0 Å². The Morgan fingerprint density at radius 1 is 1.67 bits per heavy atom. The van der Waals surface area contributed by atoms with Gasteiger partial charge in [-0.1, -0.05) is 0 Å². The highest BCUT2D eigenvalue weighted by molar-refractivity contribution is 5.91. The van der Waals surface area contributed by atoms with Crippen LogP contribution in [-0.2, 0) is 4.74 Å². The second kappa shape index (κ2) is 4.22. The van der Waals surface area contributed by atoms with E-state index in [0.717, 1.165) is 12.8 Å². The number of carbonyl (C=O) groups excluding carboxylic acids is 1. The van der Waals surface area contributed by atoms with Gasteiger partial charge in [0, 0.05) is 19.0 Å². The molecule has 80 valence electrons. The van der Waals surface area contributed by atoms with Gasteiger partial charge in [-0.25, -0.2) is 4.98 Å². The molecule has 2 heterocycles. The van der Waals surface area contributed by atoms with Crippen LogP contribution in [0.25, 0.3) is 0 Å². The average Bonchev–Trinajstić information content (AvgIpc) is 2.71. The number of aromatic nitrogens is 2. The van der Waals surface area contributed by atoms with E-state index in [2.05, 4.69) is 15.3 Å². The summed E-state index contributed by atoms with van der Waals surface area (Å²) in [6.07, 6.45) is 4.15. The third-order valence-electron chi connectivity index (χ3n) is 2.14. The third-order valence-corrected chi connectivity index (χ3v) is 2.14. The number of carbonyl (C=O) groups is 1. The van der Waals surface area contributed by atoms with E-state index >= 15 is 0 Å². The lowest BCUT2D eigenvalue weighted by Gasteiger charge is -2.10. The highest BCUT2D eigenvalue weighted by Crippen LogP contribution is 2.08. The fourth-order valence-corrected chi connectivity index (χ4v) is 1.42. The van der Waals surface area contributed by atoms with E-state index in [4.69, 9.17) is 4.74 Å². The number of ether oxygens (including phenoxy) is 1. The lowest BCUT2D eigenvalue weighted by atomic mass is 10.3. The van der Waals surface area contributed by atoms with Gasteiger partial charge in [-0.05, 0) is 12.8 Å². The normalized spacial score (nSPS) is 20.1. The van der Waals surface area contributed by atoms with Crippen LogP contribution in [0.3, 0.4) is 0 Å². The van der Waals surface area contributed by atoms with Crippen LogP contribution < -0.4 is 10.9 Å². The summed E-state index contributed by atoms with van der Waals surface area (Å²) in [6.45, 7) is 0.642. The second-order valence-electron chi connectivity index (χ2n) is 3.24. The largest absolute Gasteiger partial charge is 0.359 e. The molecule has 0 aromatic carbocycles. The Hall–Kier alpha value is -1.69. The highest BCUT2D eigenvalue weighted by atomic mass is 16.5. The minimum Gasteiger partial charge on any atom is -0.359 e. The van der Waals surface area contributed by atoms with Crippen molar-refractivity contribution in [3.8, 4) is 0 Å². The lowest BCUT2D eigenvalue weighted by Crippen LogP contribution is -2.37. The zero-order chi connectivity index (χ0) is 10.7. The van der Waals surface area contributed by atoms with Crippen LogP contribution in [0.5, 0.6) is 0 Å². The van der Waals surface area contributed by atoms with E-state index in [1.807, 2.05) is 0 Å². The van der Waals surface area contributed by atoms with Gasteiger partial charge in [0.15, 0.2) is 5.69 Å². The predicted molar refractivity (Wildman–Crippen MR) is 51.3 cm³/mol. The van der Waals surface area contributed by atoms with Crippen molar-refractivity contribution < 1.29 is 9.53 Å². The molecule has 0 bridgehead atoms. The molecule has 2 rings (SSSR count). The van der Waals surface area contributed by atoms with Crippen molar-refractivity contribution in [3.63, 3.8) is 0 Å². The Labute approximate surface area is 85.7 Å². The number of amides is 1. The van der Waals surface area contributed by atoms with Crippen LogP contribution >= 0.6 is 0 Å². The molecule has 2 N–H and O–H groups in total. The van der Waals surface area contributed by atoms with Gasteiger partial charge < -0.3 is 15.0 Å². The molecule has 6 nitrogen and oxygen atoms in total. The predicted octanol–water partition coefficient (Wildman–Crippen LogP) is -0.364. The monoisotopic (exact) mass is 209 g/mol. The molecule has 1 saturated heterocycles. The Kier molecular flexibility index (Phi) is 2.77. The molecule has 0 aliphatic carbocycles. The minimum atomic E-state index is -0.497. The highest BCUT2D eigenvalue weighted by Gasteiger charge is 2.20. The summed E-state index contributed by atoms with van der Waals surface area (Å²) in [4.78, 5) is 28.9. The van der Waals surface area contributed by atoms with Crippen molar-refractivity contribution in [1.82, 2.24) is 15.3 Å². The SMILES string of the molecule is O=C(NC1CCCO1)c1ncc[nH]c1=O. The minimum absolute atomic E-state index is 0.131. The molecule has 1 atom stereocenters. The van der Waals surface area contributed by atoms with E-state index in [0.29, 0.717) is 6.61 Å². The summed E-state index contributed by atoms with van der Waals surface area (Å²) in [5.74, 6) is -0.497. The van der Waals surface area contributed by atoms with Crippen LogP contribution in [0.4, 0.5) is 0 Å². The first kappa shape index (κ1) is 9.85. The van der Waals surface area contributed by atoms with Gasteiger partial charge in [0.25, 0.3) is 11.5 Å². The molecule has 1 fully saturated rings. The van der Waals surface area contributed by atoms with Crippen LogP contribution in [0.15, 0.2) is 17.2 Å². The Balaban J connectivity index is 2.07. The lowest BCUT2D eigenvalue weighted by molar-refractivity contribution is 0.0634. The number of aromatic amines is 1. The topological polar surface area (TPSA) is 84.1 Å². The smallest absolute Gasteiger partial charge is 0.279 e. The second-order valence-corrected chi connectivity index (χ2v) is 3.24. The summed E-state index contributed by atoms with van der Waals surface area (Å²) in [7, 11) is 0. The number of H-pyrrole nitrogens is 1. The average molecular weight is 209 g/mol. The molecule has 0 saturated carbocycles. The van der Waals surface area contributed by atoms with Crippen molar-refractivity contribution in [2.75, 3.05) is 6.61 Å². The molecule has 1 aromatic heterocycles. The zero-order valence-corrected chi connectivity index (χ0v) is 8.03.